The van der Waals surface area contributed by atoms with Crippen LogP contribution in [0.2, 0.25) is 5.02 Å². The van der Waals surface area contributed by atoms with E-state index in [0.29, 0.717) is 0 Å². The molecule has 6 heteroatoms. The first-order valence-electron chi connectivity index (χ1n) is 5.64. The standard InChI is InChI=1S/C14H10ClF2NO2/c15-11-2-1-3-12(16)10(11)7-20-14(19)9-6-8(18)4-5-13(9)17/h1-6H,7,18H2. The summed E-state index contributed by atoms with van der Waals surface area (Å²) < 4.78 is 31.8. The number of benzene rings is 2. The number of carbonyl (C=O) groups is 1. The summed E-state index contributed by atoms with van der Waals surface area (Å²) in [5, 5.41) is 0.130. The number of ether oxygens (including phenoxy) is 1. The number of nitrogen functional groups attached to an aromatic ring is 1. The molecule has 0 radical (unpaired) electrons. The lowest BCUT2D eigenvalue weighted by atomic mass is 10.2. The van der Waals surface area contributed by atoms with E-state index in [1.165, 1.54) is 24.3 Å². The Labute approximate surface area is 118 Å². The molecule has 2 aromatic carbocycles. The van der Waals surface area contributed by atoms with Gasteiger partial charge in [-0.3, -0.25) is 0 Å². The molecule has 0 saturated heterocycles. The average molecular weight is 298 g/mol. The van der Waals surface area contributed by atoms with E-state index < -0.39 is 24.2 Å². The van der Waals surface area contributed by atoms with Crippen molar-refractivity contribution in [1.29, 1.82) is 0 Å². The molecular formula is C14H10ClF2NO2. The fourth-order valence-electron chi connectivity index (χ4n) is 1.59. The Morgan fingerprint density at radius 2 is 1.95 bits per heavy atom. The number of carbonyl (C=O) groups excluding carboxylic acids is 1. The van der Waals surface area contributed by atoms with Crippen LogP contribution >= 0.6 is 11.6 Å². The Hall–Kier alpha value is -2.14. The first-order valence-corrected chi connectivity index (χ1v) is 6.02. The van der Waals surface area contributed by atoms with Crippen LogP contribution in [-0.4, -0.2) is 5.97 Å². The molecule has 0 unspecified atom stereocenters. The highest BCUT2D eigenvalue weighted by molar-refractivity contribution is 6.31. The molecule has 0 spiro atoms. The summed E-state index contributed by atoms with van der Waals surface area (Å²) in [4.78, 5) is 11.7. The van der Waals surface area contributed by atoms with Gasteiger partial charge in [0.15, 0.2) is 0 Å². The monoisotopic (exact) mass is 297 g/mol. The lowest BCUT2D eigenvalue weighted by molar-refractivity contribution is 0.0464. The van der Waals surface area contributed by atoms with Crippen LogP contribution < -0.4 is 5.73 Å². The predicted octanol–water partition coefficient (Wildman–Crippen LogP) is 3.56. The number of rotatable bonds is 3. The molecule has 20 heavy (non-hydrogen) atoms. The zero-order valence-corrected chi connectivity index (χ0v) is 11.0. The van der Waals surface area contributed by atoms with Gasteiger partial charge in [0.1, 0.15) is 18.2 Å². The van der Waals surface area contributed by atoms with E-state index >= 15 is 0 Å². The predicted molar refractivity (Wildman–Crippen MR) is 71.3 cm³/mol. The zero-order chi connectivity index (χ0) is 14.7. The smallest absolute Gasteiger partial charge is 0.341 e. The van der Waals surface area contributed by atoms with Crippen molar-refractivity contribution in [2.24, 2.45) is 0 Å². The molecule has 0 saturated carbocycles. The molecule has 2 rings (SSSR count). The first-order chi connectivity index (χ1) is 9.49. The van der Waals surface area contributed by atoms with E-state index in [1.54, 1.807) is 0 Å². The van der Waals surface area contributed by atoms with Crippen LogP contribution in [0.1, 0.15) is 15.9 Å². The van der Waals surface area contributed by atoms with E-state index in [9.17, 15) is 13.6 Å². The number of nitrogens with two attached hydrogens (primary N) is 1. The van der Waals surface area contributed by atoms with Crippen molar-refractivity contribution in [2.45, 2.75) is 6.61 Å². The van der Waals surface area contributed by atoms with Gasteiger partial charge in [-0.05, 0) is 30.3 Å². The Kier molecular flexibility index (Phi) is 4.20. The van der Waals surface area contributed by atoms with Crippen molar-refractivity contribution in [3.63, 3.8) is 0 Å². The maximum absolute atomic E-state index is 13.5. The van der Waals surface area contributed by atoms with Gasteiger partial charge in [0.25, 0.3) is 0 Å². The molecule has 0 atom stereocenters. The lowest BCUT2D eigenvalue weighted by Crippen LogP contribution is -2.09. The summed E-state index contributed by atoms with van der Waals surface area (Å²) >= 11 is 5.79. The second kappa shape index (κ2) is 5.88. The third-order valence-electron chi connectivity index (χ3n) is 2.62. The molecule has 3 nitrogen and oxygen atoms in total. The van der Waals surface area contributed by atoms with Crippen LogP contribution in [0, 0.1) is 11.6 Å². The largest absolute Gasteiger partial charge is 0.457 e. The SMILES string of the molecule is Nc1ccc(F)c(C(=O)OCc2c(F)cccc2Cl)c1. The van der Waals surface area contributed by atoms with Crippen molar-refractivity contribution in [1.82, 2.24) is 0 Å². The number of esters is 1. The van der Waals surface area contributed by atoms with Gasteiger partial charge in [0, 0.05) is 11.3 Å². The third-order valence-corrected chi connectivity index (χ3v) is 2.97. The van der Waals surface area contributed by atoms with Crippen molar-refractivity contribution < 1.29 is 18.3 Å². The molecule has 0 aliphatic carbocycles. The summed E-state index contributed by atoms with van der Waals surface area (Å²) in [6.07, 6.45) is 0. The van der Waals surface area contributed by atoms with Crippen LogP contribution in [0.25, 0.3) is 0 Å². The second-order valence-electron chi connectivity index (χ2n) is 4.02. The van der Waals surface area contributed by atoms with Gasteiger partial charge in [-0.2, -0.15) is 0 Å². The molecule has 104 valence electrons. The molecule has 0 aromatic heterocycles. The highest BCUT2D eigenvalue weighted by atomic mass is 35.5. The minimum atomic E-state index is -0.936. The summed E-state index contributed by atoms with van der Waals surface area (Å²) in [7, 11) is 0. The summed E-state index contributed by atoms with van der Waals surface area (Å²) in [6.45, 7) is -0.390. The van der Waals surface area contributed by atoms with E-state index in [-0.39, 0.29) is 21.8 Å². The normalized spacial score (nSPS) is 10.3. The van der Waals surface area contributed by atoms with Crippen LogP contribution in [0.3, 0.4) is 0 Å². The van der Waals surface area contributed by atoms with E-state index in [1.807, 2.05) is 0 Å². The van der Waals surface area contributed by atoms with Crippen LogP contribution in [-0.2, 0) is 11.3 Å². The fraction of sp³-hybridized carbons (Fsp3) is 0.0714. The Bertz CT molecular complexity index is 641. The van der Waals surface area contributed by atoms with E-state index in [0.717, 1.165) is 12.1 Å². The molecule has 0 bridgehead atoms. The van der Waals surface area contributed by atoms with Gasteiger partial charge < -0.3 is 10.5 Å². The molecule has 0 amide bonds. The summed E-state index contributed by atoms with van der Waals surface area (Å²) in [6, 6.07) is 7.62. The molecule has 2 aromatic rings. The number of anilines is 1. The average Bonchev–Trinajstić information content (AvgIpc) is 2.40. The summed E-state index contributed by atoms with van der Waals surface area (Å²) in [5.41, 5.74) is 5.42. The number of hydrogen-bond donors (Lipinski definition) is 1. The Morgan fingerprint density at radius 3 is 2.65 bits per heavy atom. The number of hydrogen-bond acceptors (Lipinski definition) is 3. The van der Waals surface area contributed by atoms with Crippen molar-refractivity contribution >= 4 is 23.3 Å². The van der Waals surface area contributed by atoms with Gasteiger partial charge in [0.2, 0.25) is 0 Å². The highest BCUT2D eigenvalue weighted by Crippen LogP contribution is 2.21. The maximum atomic E-state index is 13.5. The van der Waals surface area contributed by atoms with Crippen molar-refractivity contribution in [3.8, 4) is 0 Å². The van der Waals surface area contributed by atoms with Gasteiger partial charge in [-0.1, -0.05) is 17.7 Å². The van der Waals surface area contributed by atoms with Crippen molar-refractivity contribution in [3.05, 3.63) is 64.2 Å². The Morgan fingerprint density at radius 1 is 1.20 bits per heavy atom. The van der Waals surface area contributed by atoms with Crippen molar-refractivity contribution in [2.75, 3.05) is 5.73 Å². The number of halogens is 3. The molecule has 0 heterocycles. The van der Waals surface area contributed by atoms with Crippen LogP contribution in [0.5, 0.6) is 0 Å². The zero-order valence-electron chi connectivity index (χ0n) is 10.2. The molecule has 2 N–H and O–H groups in total. The lowest BCUT2D eigenvalue weighted by Gasteiger charge is -2.08. The maximum Gasteiger partial charge on any atom is 0.341 e. The fourth-order valence-corrected chi connectivity index (χ4v) is 1.80. The van der Waals surface area contributed by atoms with Crippen LogP contribution in [0.15, 0.2) is 36.4 Å². The molecule has 0 fully saturated rings. The van der Waals surface area contributed by atoms with E-state index in [4.69, 9.17) is 22.1 Å². The van der Waals surface area contributed by atoms with Crippen LogP contribution in [0.4, 0.5) is 14.5 Å². The van der Waals surface area contributed by atoms with Gasteiger partial charge in [0.05, 0.1) is 10.6 Å². The summed E-state index contributed by atoms with van der Waals surface area (Å²) in [5.74, 6) is -2.30. The first kappa shape index (κ1) is 14.3. The Balaban J connectivity index is 2.15. The van der Waals surface area contributed by atoms with E-state index in [2.05, 4.69) is 0 Å². The minimum absolute atomic E-state index is 0.0341. The van der Waals surface area contributed by atoms with Gasteiger partial charge in [-0.15, -0.1) is 0 Å². The van der Waals surface area contributed by atoms with Gasteiger partial charge in [-0.25, -0.2) is 13.6 Å². The van der Waals surface area contributed by atoms with Gasteiger partial charge >= 0.3 is 5.97 Å². The third kappa shape index (κ3) is 3.05. The highest BCUT2D eigenvalue weighted by Gasteiger charge is 2.15. The topological polar surface area (TPSA) is 52.3 Å². The molecular weight excluding hydrogens is 288 g/mol. The second-order valence-corrected chi connectivity index (χ2v) is 4.42. The quantitative estimate of drug-likeness (QED) is 0.696. The molecule has 0 aliphatic heterocycles. The molecule has 0 aliphatic rings. The minimum Gasteiger partial charge on any atom is -0.457 e.